The molecule has 28 heavy (non-hydrogen) atoms. The van der Waals surface area contributed by atoms with E-state index >= 15 is 0 Å². The van der Waals surface area contributed by atoms with Crippen LogP contribution in [0.15, 0.2) is 36.5 Å². The van der Waals surface area contributed by atoms with Crippen molar-refractivity contribution in [3.05, 3.63) is 48.2 Å². The van der Waals surface area contributed by atoms with Gasteiger partial charge < -0.3 is 25.1 Å². The summed E-state index contributed by atoms with van der Waals surface area (Å²) >= 11 is 0. The van der Waals surface area contributed by atoms with Crippen LogP contribution in [0.1, 0.15) is 13.8 Å². The highest BCUT2D eigenvalue weighted by molar-refractivity contribution is 5.88. The van der Waals surface area contributed by atoms with Crippen LogP contribution in [0, 0.1) is 11.6 Å². The number of anilines is 1. The van der Waals surface area contributed by atoms with Gasteiger partial charge in [0.25, 0.3) is 0 Å². The van der Waals surface area contributed by atoms with Gasteiger partial charge in [0.05, 0.1) is 24.4 Å². The van der Waals surface area contributed by atoms with Gasteiger partial charge in [0.2, 0.25) is 0 Å². The molecule has 1 heterocycles. The van der Waals surface area contributed by atoms with Gasteiger partial charge in [-0.25, -0.2) is 8.78 Å². The molecule has 0 amide bonds. The lowest BCUT2D eigenvalue weighted by Crippen LogP contribution is -2.28. The van der Waals surface area contributed by atoms with E-state index in [1.54, 1.807) is 13.8 Å². The fourth-order valence-electron chi connectivity index (χ4n) is 2.49. The van der Waals surface area contributed by atoms with Crippen LogP contribution in [-0.4, -0.2) is 29.4 Å². The second kappa shape index (κ2) is 7.47. The number of methoxy groups -OCH3 is 1. The van der Waals surface area contributed by atoms with Gasteiger partial charge in [-0.1, -0.05) is 0 Å². The minimum atomic E-state index is -1.06. The molecule has 0 atom stereocenters. The smallest absolute Gasteiger partial charge is 0.184 e. The van der Waals surface area contributed by atoms with Crippen LogP contribution >= 0.6 is 0 Å². The standard InChI is InChI=1S/C20H20F2N2O4/c1-20(2,25)10-27-18-8-15-12(7-17(18)26-3)19(14(22)9-24-15)28-16-5-4-11(23)6-13(16)21/h4-9,25H,10,23H2,1-3H3. The average Bonchev–Trinajstić information content (AvgIpc) is 2.62. The zero-order valence-electron chi connectivity index (χ0n) is 15.6. The van der Waals surface area contributed by atoms with Crippen molar-refractivity contribution in [2.45, 2.75) is 19.4 Å². The molecule has 0 unspecified atom stereocenters. The van der Waals surface area contributed by atoms with Gasteiger partial charge in [-0.15, -0.1) is 0 Å². The lowest BCUT2D eigenvalue weighted by atomic mass is 10.1. The lowest BCUT2D eigenvalue weighted by Gasteiger charge is -2.19. The Bertz CT molecular complexity index is 1020. The molecule has 3 aromatic rings. The highest BCUT2D eigenvalue weighted by atomic mass is 19.1. The maximum atomic E-state index is 14.4. The summed E-state index contributed by atoms with van der Waals surface area (Å²) in [4.78, 5) is 4.03. The van der Waals surface area contributed by atoms with E-state index in [2.05, 4.69) is 4.98 Å². The second-order valence-corrected chi connectivity index (χ2v) is 6.85. The predicted molar refractivity (Wildman–Crippen MR) is 101 cm³/mol. The number of hydrogen-bond acceptors (Lipinski definition) is 6. The number of fused-ring (bicyclic) bond motifs is 1. The van der Waals surface area contributed by atoms with Crippen LogP contribution in [-0.2, 0) is 0 Å². The first-order valence-electron chi connectivity index (χ1n) is 8.42. The molecule has 0 saturated heterocycles. The fourth-order valence-corrected chi connectivity index (χ4v) is 2.49. The lowest BCUT2D eigenvalue weighted by molar-refractivity contribution is 0.0277. The summed E-state index contributed by atoms with van der Waals surface area (Å²) in [7, 11) is 1.42. The number of nitrogens with zero attached hydrogens (tertiary/aromatic N) is 1. The van der Waals surface area contributed by atoms with E-state index < -0.39 is 17.2 Å². The quantitative estimate of drug-likeness (QED) is 0.618. The SMILES string of the molecule is COc1cc2c(Oc3ccc(N)cc3F)c(F)cnc2cc1OCC(C)(C)O. The zero-order chi connectivity index (χ0) is 20.5. The van der Waals surface area contributed by atoms with E-state index in [0.717, 1.165) is 12.3 Å². The molecule has 1 aromatic heterocycles. The second-order valence-electron chi connectivity index (χ2n) is 6.85. The van der Waals surface area contributed by atoms with Gasteiger partial charge >= 0.3 is 0 Å². The van der Waals surface area contributed by atoms with Crippen LogP contribution in [0.5, 0.6) is 23.0 Å². The zero-order valence-corrected chi connectivity index (χ0v) is 15.6. The fraction of sp³-hybridized carbons (Fsp3) is 0.250. The van der Waals surface area contributed by atoms with Gasteiger partial charge in [0, 0.05) is 23.2 Å². The Morgan fingerprint density at radius 1 is 1.07 bits per heavy atom. The molecular weight excluding hydrogens is 370 g/mol. The number of nitrogens with two attached hydrogens (primary N) is 1. The highest BCUT2D eigenvalue weighted by Gasteiger charge is 2.19. The van der Waals surface area contributed by atoms with E-state index in [9.17, 15) is 13.9 Å². The van der Waals surface area contributed by atoms with Crippen LogP contribution in [0.25, 0.3) is 10.9 Å². The van der Waals surface area contributed by atoms with Crippen molar-refractivity contribution in [1.29, 1.82) is 0 Å². The Labute approximate surface area is 160 Å². The predicted octanol–water partition coefficient (Wildman–Crippen LogP) is 4.05. The molecule has 0 aliphatic heterocycles. The molecule has 148 valence electrons. The van der Waals surface area contributed by atoms with Crippen molar-refractivity contribution < 1.29 is 28.1 Å². The van der Waals surface area contributed by atoms with E-state index in [4.69, 9.17) is 19.9 Å². The first-order chi connectivity index (χ1) is 13.2. The minimum Gasteiger partial charge on any atom is -0.493 e. The van der Waals surface area contributed by atoms with Gasteiger partial charge in [0.15, 0.2) is 34.6 Å². The van der Waals surface area contributed by atoms with Crippen molar-refractivity contribution in [3.8, 4) is 23.0 Å². The van der Waals surface area contributed by atoms with Crippen molar-refractivity contribution in [3.63, 3.8) is 0 Å². The summed E-state index contributed by atoms with van der Waals surface area (Å²) in [6.07, 6.45) is 0.971. The summed E-state index contributed by atoms with van der Waals surface area (Å²) in [6.45, 7) is 3.21. The molecule has 2 aromatic carbocycles. The van der Waals surface area contributed by atoms with Crippen LogP contribution < -0.4 is 19.9 Å². The number of aromatic nitrogens is 1. The third kappa shape index (κ3) is 4.23. The third-order valence-electron chi connectivity index (χ3n) is 3.81. The number of aliphatic hydroxyl groups is 1. The molecule has 3 N–H and O–H groups in total. The summed E-state index contributed by atoms with van der Waals surface area (Å²) in [5.41, 5.74) is 5.04. The molecule has 0 saturated carbocycles. The molecule has 6 nitrogen and oxygen atoms in total. The number of benzene rings is 2. The number of halogens is 2. The summed E-state index contributed by atoms with van der Waals surface area (Å²) in [5.74, 6) is -1.27. The Morgan fingerprint density at radius 2 is 1.82 bits per heavy atom. The monoisotopic (exact) mass is 390 g/mol. The van der Waals surface area contributed by atoms with Gasteiger partial charge in [-0.3, -0.25) is 4.98 Å². The molecule has 0 aliphatic rings. The topological polar surface area (TPSA) is 86.8 Å². The number of hydrogen-bond donors (Lipinski definition) is 2. The molecule has 8 heteroatoms. The van der Waals surface area contributed by atoms with Crippen LogP contribution in [0.3, 0.4) is 0 Å². The van der Waals surface area contributed by atoms with E-state index in [-0.39, 0.29) is 34.9 Å². The summed E-state index contributed by atoms with van der Waals surface area (Å²) < 4.78 is 44.9. The Balaban J connectivity index is 2.06. The number of ether oxygens (including phenoxy) is 3. The number of rotatable bonds is 6. The molecule has 0 bridgehead atoms. The molecule has 3 rings (SSSR count). The maximum absolute atomic E-state index is 14.4. The van der Waals surface area contributed by atoms with Crippen LogP contribution in [0.2, 0.25) is 0 Å². The number of pyridine rings is 1. The molecule has 0 aliphatic carbocycles. The van der Waals surface area contributed by atoms with Gasteiger partial charge in [-0.2, -0.15) is 0 Å². The Hall–Kier alpha value is -3.13. The van der Waals surface area contributed by atoms with Gasteiger partial charge in [-0.05, 0) is 32.0 Å². The summed E-state index contributed by atoms with van der Waals surface area (Å²) in [6, 6.07) is 6.86. The molecule has 0 spiro atoms. The maximum Gasteiger partial charge on any atom is 0.184 e. The Morgan fingerprint density at radius 3 is 2.46 bits per heavy atom. The van der Waals surface area contributed by atoms with E-state index in [1.807, 2.05) is 0 Å². The molecule has 0 fully saturated rings. The molecular formula is C20H20F2N2O4. The Kier molecular flexibility index (Phi) is 5.24. The van der Waals surface area contributed by atoms with Gasteiger partial charge in [0.1, 0.15) is 6.61 Å². The number of nitrogen functional groups attached to an aromatic ring is 1. The molecule has 0 radical (unpaired) electrons. The third-order valence-corrected chi connectivity index (χ3v) is 3.81. The largest absolute Gasteiger partial charge is 0.493 e. The highest BCUT2D eigenvalue weighted by Crippen LogP contribution is 2.39. The van der Waals surface area contributed by atoms with E-state index in [0.29, 0.717) is 11.3 Å². The van der Waals surface area contributed by atoms with Crippen molar-refractivity contribution in [2.75, 3.05) is 19.5 Å². The first-order valence-corrected chi connectivity index (χ1v) is 8.42. The summed E-state index contributed by atoms with van der Waals surface area (Å²) in [5, 5.41) is 10.1. The van der Waals surface area contributed by atoms with Crippen molar-refractivity contribution in [2.24, 2.45) is 0 Å². The average molecular weight is 390 g/mol. The normalized spacial score (nSPS) is 11.5. The van der Waals surface area contributed by atoms with Crippen molar-refractivity contribution >= 4 is 16.6 Å². The first kappa shape index (κ1) is 19.6. The van der Waals surface area contributed by atoms with E-state index in [1.165, 1.54) is 31.4 Å². The minimum absolute atomic E-state index is 0.00999. The van der Waals surface area contributed by atoms with Crippen molar-refractivity contribution in [1.82, 2.24) is 4.98 Å². The van der Waals surface area contributed by atoms with Crippen LogP contribution in [0.4, 0.5) is 14.5 Å².